The molecular weight excluding hydrogens is 442 g/mol. The maximum atomic E-state index is 13.0. The summed E-state index contributed by atoms with van der Waals surface area (Å²) in [7, 11) is 1.84. The summed E-state index contributed by atoms with van der Waals surface area (Å²) >= 11 is 1.75. The van der Waals surface area contributed by atoms with Crippen LogP contribution in [0.5, 0.6) is 5.75 Å². The summed E-state index contributed by atoms with van der Waals surface area (Å²) in [6, 6.07) is 20.5. The Labute approximate surface area is 204 Å². The van der Waals surface area contributed by atoms with E-state index in [1.54, 1.807) is 15.9 Å². The number of fused-ring (bicyclic) bond motifs is 1. The van der Waals surface area contributed by atoms with Crippen LogP contribution in [0.15, 0.2) is 71.7 Å². The van der Waals surface area contributed by atoms with E-state index in [0.29, 0.717) is 6.61 Å². The lowest BCUT2D eigenvalue weighted by Crippen LogP contribution is -2.45. The Morgan fingerprint density at radius 3 is 2.47 bits per heavy atom. The molecule has 3 heterocycles. The number of likely N-dealkylation sites (N-methyl/N-ethyl adjacent to an activating group) is 1. The summed E-state index contributed by atoms with van der Waals surface area (Å²) < 4.78 is 8.83. The first-order valence-corrected chi connectivity index (χ1v) is 12.8. The Morgan fingerprint density at radius 2 is 1.71 bits per heavy atom. The highest BCUT2D eigenvalue weighted by Gasteiger charge is 2.19. The van der Waals surface area contributed by atoms with Crippen molar-refractivity contribution in [3.63, 3.8) is 0 Å². The molecule has 0 amide bonds. The number of aromatic nitrogens is 1. The van der Waals surface area contributed by atoms with Gasteiger partial charge in [-0.25, -0.2) is 0 Å². The SMILES string of the molecule is CCN1CCN(Cc2cc3c(=O)n(C)cc(-c4cccc(OCc5ccccc5)c4)c3s2)CC1. The molecule has 5 nitrogen and oxygen atoms in total. The second-order valence-corrected chi connectivity index (χ2v) is 10.1. The van der Waals surface area contributed by atoms with Crippen LogP contribution in [0.3, 0.4) is 0 Å². The molecule has 2 aromatic carbocycles. The number of hydrogen-bond acceptors (Lipinski definition) is 5. The van der Waals surface area contributed by atoms with Crippen LogP contribution in [0.2, 0.25) is 0 Å². The highest BCUT2D eigenvalue weighted by Crippen LogP contribution is 2.35. The van der Waals surface area contributed by atoms with Crippen LogP contribution in [0.4, 0.5) is 0 Å². The topological polar surface area (TPSA) is 37.7 Å². The Morgan fingerprint density at radius 1 is 0.941 bits per heavy atom. The predicted molar refractivity (Wildman–Crippen MR) is 141 cm³/mol. The molecule has 0 aliphatic carbocycles. The van der Waals surface area contributed by atoms with Gasteiger partial charge in [0.25, 0.3) is 5.56 Å². The number of ether oxygens (including phenoxy) is 1. The van der Waals surface area contributed by atoms with E-state index >= 15 is 0 Å². The number of thiophene rings is 1. The molecule has 6 heteroatoms. The fraction of sp³-hybridized carbons (Fsp3) is 0.321. The van der Waals surface area contributed by atoms with Gasteiger partial charge in [-0.1, -0.05) is 49.4 Å². The lowest BCUT2D eigenvalue weighted by atomic mass is 10.1. The fourth-order valence-electron chi connectivity index (χ4n) is 4.56. The molecule has 0 unspecified atom stereocenters. The average Bonchev–Trinajstić information content (AvgIpc) is 3.30. The van der Waals surface area contributed by atoms with Crippen molar-refractivity contribution in [3.8, 4) is 16.9 Å². The third kappa shape index (κ3) is 4.94. The molecule has 0 bridgehead atoms. The van der Waals surface area contributed by atoms with E-state index in [9.17, 15) is 4.79 Å². The average molecular weight is 474 g/mol. The van der Waals surface area contributed by atoms with Crippen molar-refractivity contribution in [1.29, 1.82) is 0 Å². The number of aryl methyl sites for hydroxylation is 1. The molecule has 1 aliphatic rings. The van der Waals surface area contributed by atoms with Gasteiger partial charge in [-0.2, -0.15) is 0 Å². The fourth-order valence-corrected chi connectivity index (χ4v) is 5.79. The Balaban J connectivity index is 1.42. The molecule has 176 valence electrons. The minimum absolute atomic E-state index is 0.0635. The van der Waals surface area contributed by atoms with Crippen molar-refractivity contribution < 1.29 is 4.74 Å². The Kier molecular flexibility index (Phi) is 6.81. The van der Waals surface area contributed by atoms with Crippen LogP contribution in [-0.4, -0.2) is 47.1 Å². The van der Waals surface area contributed by atoms with Crippen LogP contribution >= 0.6 is 11.3 Å². The summed E-state index contributed by atoms with van der Waals surface area (Å²) in [5.41, 5.74) is 3.35. The van der Waals surface area contributed by atoms with Gasteiger partial charge in [0.1, 0.15) is 12.4 Å². The van der Waals surface area contributed by atoms with Gasteiger partial charge in [-0.15, -0.1) is 11.3 Å². The molecule has 34 heavy (non-hydrogen) atoms. The molecular formula is C28H31N3O2S. The van der Waals surface area contributed by atoms with E-state index in [-0.39, 0.29) is 5.56 Å². The molecule has 5 rings (SSSR count). The molecule has 1 fully saturated rings. The molecule has 0 atom stereocenters. The summed E-state index contributed by atoms with van der Waals surface area (Å²) in [6.07, 6.45) is 1.96. The summed E-state index contributed by atoms with van der Waals surface area (Å²) in [6.45, 7) is 9.15. The van der Waals surface area contributed by atoms with Crippen LogP contribution in [0.1, 0.15) is 17.4 Å². The molecule has 0 N–H and O–H groups in total. The van der Waals surface area contributed by atoms with Gasteiger partial charge in [-0.05, 0) is 35.9 Å². The van der Waals surface area contributed by atoms with Crippen LogP contribution in [0.25, 0.3) is 21.2 Å². The zero-order valence-electron chi connectivity index (χ0n) is 19.9. The Bertz CT molecular complexity index is 1320. The van der Waals surface area contributed by atoms with Crippen LogP contribution in [0, 0.1) is 0 Å². The molecule has 1 aliphatic heterocycles. The highest BCUT2D eigenvalue weighted by atomic mass is 32.1. The van der Waals surface area contributed by atoms with Crippen molar-refractivity contribution in [1.82, 2.24) is 14.4 Å². The number of benzene rings is 2. The first-order valence-electron chi connectivity index (χ1n) is 11.9. The van der Waals surface area contributed by atoms with Crippen molar-refractivity contribution in [3.05, 3.63) is 87.7 Å². The zero-order chi connectivity index (χ0) is 23.5. The lowest BCUT2D eigenvalue weighted by Gasteiger charge is -2.33. The minimum atomic E-state index is 0.0635. The second-order valence-electron chi connectivity index (χ2n) is 8.93. The number of hydrogen-bond donors (Lipinski definition) is 0. The third-order valence-electron chi connectivity index (χ3n) is 6.59. The zero-order valence-corrected chi connectivity index (χ0v) is 20.7. The Hall–Kier alpha value is -2.93. The van der Waals surface area contributed by atoms with E-state index in [2.05, 4.69) is 47.1 Å². The van der Waals surface area contributed by atoms with Crippen LogP contribution < -0.4 is 10.3 Å². The van der Waals surface area contributed by atoms with E-state index in [1.165, 1.54) is 4.88 Å². The molecule has 1 saturated heterocycles. The molecule has 0 spiro atoms. The molecule has 0 radical (unpaired) electrons. The van der Waals surface area contributed by atoms with Crippen LogP contribution in [-0.2, 0) is 20.2 Å². The molecule has 0 saturated carbocycles. The standard InChI is InChI=1S/C28H31N3O2S/c1-3-30-12-14-31(15-13-30)18-24-17-25-27(34-24)26(19-29(2)28(25)32)22-10-7-11-23(16-22)33-20-21-8-5-4-6-9-21/h4-11,16-17,19H,3,12-15,18,20H2,1-2H3. The monoisotopic (exact) mass is 473 g/mol. The van der Waals surface area contributed by atoms with Gasteiger partial charge < -0.3 is 14.2 Å². The van der Waals surface area contributed by atoms with Gasteiger partial charge in [-0.3, -0.25) is 9.69 Å². The van der Waals surface area contributed by atoms with Gasteiger partial charge in [0.2, 0.25) is 0 Å². The van der Waals surface area contributed by atoms with E-state index in [4.69, 9.17) is 4.74 Å². The van der Waals surface area contributed by atoms with Crippen molar-refractivity contribution in [2.24, 2.45) is 7.05 Å². The molecule has 2 aromatic heterocycles. The largest absolute Gasteiger partial charge is 0.489 e. The predicted octanol–water partition coefficient (Wildman–Crippen LogP) is 4.98. The van der Waals surface area contributed by atoms with E-state index < -0.39 is 0 Å². The molecule has 4 aromatic rings. The number of piperazine rings is 1. The maximum Gasteiger partial charge on any atom is 0.259 e. The summed E-state index contributed by atoms with van der Waals surface area (Å²) in [5.74, 6) is 0.828. The van der Waals surface area contributed by atoms with Gasteiger partial charge in [0.15, 0.2) is 0 Å². The van der Waals surface area contributed by atoms with Crippen molar-refractivity contribution in [2.75, 3.05) is 32.7 Å². The second kappa shape index (κ2) is 10.1. The smallest absolute Gasteiger partial charge is 0.259 e. The first-order chi connectivity index (χ1) is 16.6. The van der Waals surface area contributed by atoms with Gasteiger partial charge in [0, 0.05) is 61.1 Å². The first kappa shape index (κ1) is 22.8. The quantitative estimate of drug-likeness (QED) is 0.379. The number of rotatable bonds is 7. The normalized spacial score (nSPS) is 15.1. The van der Waals surface area contributed by atoms with Crippen molar-refractivity contribution in [2.45, 2.75) is 20.1 Å². The summed E-state index contributed by atoms with van der Waals surface area (Å²) in [5, 5.41) is 0.808. The van der Waals surface area contributed by atoms with Gasteiger partial charge in [0.05, 0.1) is 5.39 Å². The van der Waals surface area contributed by atoms with E-state index in [0.717, 1.165) is 71.8 Å². The lowest BCUT2D eigenvalue weighted by molar-refractivity contribution is 0.133. The maximum absolute atomic E-state index is 13.0. The van der Waals surface area contributed by atoms with Gasteiger partial charge >= 0.3 is 0 Å². The van der Waals surface area contributed by atoms with E-state index in [1.807, 2.05) is 43.6 Å². The minimum Gasteiger partial charge on any atom is -0.489 e. The third-order valence-corrected chi connectivity index (χ3v) is 7.74. The number of nitrogens with zero attached hydrogens (tertiary/aromatic N) is 3. The summed E-state index contributed by atoms with van der Waals surface area (Å²) in [4.78, 5) is 19.2. The highest BCUT2D eigenvalue weighted by molar-refractivity contribution is 7.19. The van der Waals surface area contributed by atoms with Crippen molar-refractivity contribution >= 4 is 21.4 Å². The number of pyridine rings is 1.